The van der Waals surface area contributed by atoms with E-state index in [4.69, 9.17) is 0 Å². The molecule has 164 valence electrons. The molecular formula is C25H23N7O. The number of aliphatic hydroxyl groups excluding tert-OH is 1. The largest absolute Gasteiger partial charge is 0.395 e. The van der Waals surface area contributed by atoms with Gasteiger partial charge in [0, 0.05) is 18.5 Å². The number of benzene rings is 2. The molecule has 0 radical (unpaired) electrons. The Morgan fingerprint density at radius 3 is 2.42 bits per heavy atom. The van der Waals surface area contributed by atoms with Crippen molar-refractivity contribution in [2.75, 3.05) is 29.1 Å². The van der Waals surface area contributed by atoms with Crippen LogP contribution in [0.4, 0.5) is 23.1 Å². The zero-order valence-corrected chi connectivity index (χ0v) is 17.9. The van der Waals surface area contributed by atoms with E-state index in [2.05, 4.69) is 35.9 Å². The summed E-state index contributed by atoms with van der Waals surface area (Å²) in [4.78, 5) is 18.3. The summed E-state index contributed by atoms with van der Waals surface area (Å²) in [6, 6.07) is 22.0. The van der Waals surface area contributed by atoms with Crippen LogP contribution in [0.3, 0.4) is 0 Å². The summed E-state index contributed by atoms with van der Waals surface area (Å²) >= 11 is 0. The SMILES string of the molecule is OCCNc1nc(NCc2ccccc2)c2ncc(Nc3cnc4ccccc4c3)cc2n1. The molecule has 0 aliphatic rings. The zero-order valence-electron chi connectivity index (χ0n) is 17.9. The molecule has 8 heteroatoms. The average molecular weight is 438 g/mol. The number of hydrogen-bond acceptors (Lipinski definition) is 8. The second-order valence-corrected chi connectivity index (χ2v) is 7.52. The van der Waals surface area contributed by atoms with E-state index >= 15 is 0 Å². The smallest absolute Gasteiger partial charge is 0.225 e. The summed E-state index contributed by atoms with van der Waals surface area (Å²) in [5, 5.41) is 20.0. The standard InChI is InChI=1S/C25H23N7O/c33-11-10-26-25-31-22-13-20(30-19-12-18-8-4-5-9-21(18)27-15-19)16-28-23(22)24(32-25)29-14-17-6-2-1-3-7-17/h1-9,12-13,15-16,30,33H,10-11,14H2,(H2,26,29,31,32). The van der Waals surface area contributed by atoms with Crippen LogP contribution in [0.15, 0.2) is 79.1 Å². The highest BCUT2D eigenvalue weighted by atomic mass is 16.3. The van der Waals surface area contributed by atoms with Gasteiger partial charge in [0.1, 0.15) is 5.52 Å². The van der Waals surface area contributed by atoms with Crippen LogP contribution in [0, 0.1) is 0 Å². The molecule has 0 amide bonds. The first-order valence-corrected chi connectivity index (χ1v) is 10.7. The monoisotopic (exact) mass is 437 g/mol. The van der Waals surface area contributed by atoms with Crippen molar-refractivity contribution in [3.8, 4) is 0 Å². The molecule has 0 unspecified atom stereocenters. The first-order valence-electron chi connectivity index (χ1n) is 10.7. The predicted molar refractivity (Wildman–Crippen MR) is 132 cm³/mol. The minimum Gasteiger partial charge on any atom is -0.395 e. The fraction of sp³-hybridized carbons (Fsp3) is 0.120. The number of nitrogens with one attached hydrogen (secondary N) is 3. The van der Waals surface area contributed by atoms with Gasteiger partial charge >= 0.3 is 0 Å². The van der Waals surface area contributed by atoms with Gasteiger partial charge in [-0.15, -0.1) is 0 Å². The molecule has 0 saturated carbocycles. The predicted octanol–water partition coefficient (Wildman–Crippen LogP) is 4.33. The van der Waals surface area contributed by atoms with Gasteiger partial charge < -0.3 is 21.1 Å². The highest BCUT2D eigenvalue weighted by Crippen LogP contribution is 2.26. The van der Waals surface area contributed by atoms with E-state index in [0.717, 1.165) is 27.8 Å². The number of nitrogens with zero attached hydrogens (tertiary/aromatic N) is 4. The zero-order chi connectivity index (χ0) is 22.5. The molecule has 0 fully saturated rings. The quantitative estimate of drug-likeness (QED) is 0.284. The lowest BCUT2D eigenvalue weighted by Crippen LogP contribution is -2.11. The van der Waals surface area contributed by atoms with Crippen LogP contribution in [-0.4, -0.2) is 38.2 Å². The van der Waals surface area contributed by atoms with Gasteiger partial charge in [-0.2, -0.15) is 4.98 Å². The van der Waals surface area contributed by atoms with Gasteiger partial charge in [0.15, 0.2) is 5.82 Å². The Morgan fingerprint density at radius 2 is 1.55 bits per heavy atom. The van der Waals surface area contributed by atoms with Crippen molar-refractivity contribution in [1.29, 1.82) is 0 Å². The second-order valence-electron chi connectivity index (χ2n) is 7.52. The summed E-state index contributed by atoms with van der Waals surface area (Å²) in [6.07, 6.45) is 3.56. The molecule has 0 spiro atoms. The third-order valence-electron chi connectivity index (χ3n) is 5.11. The number of anilines is 4. The van der Waals surface area contributed by atoms with E-state index in [1.807, 2.05) is 66.7 Å². The van der Waals surface area contributed by atoms with E-state index in [1.54, 1.807) is 12.4 Å². The molecule has 0 bridgehead atoms. The summed E-state index contributed by atoms with van der Waals surface area (Å²) in [5.74, 6) is 1.06. The van der Waals surface area contributed by atoms with Crippen LogP contribution in [0.1, 0.15) is 5.56 Å². The third-order valence-corrected chi connectivity index (χ3v) is 5.11. The molecule has 0 aliphatic carbocycles. The van der Waals surface area contributed by atoms with Crippen LogP contribution in [0.2, 0.25) is 0 Å². The van der Waals surface area contributed by atoms with Crippen LogP contribution < -0.4 is 16.0 Å². The lowest BCUT2D eigenvalue weighted by Gasteiger charge is -2.13. The fourth-order valence-corrected chi connectivity index (χ4v) is 3.54. The normalized spacial score (nSPS) is 10.9. The van der Waals surface area contributed by atoms with Crippen molar-refractivity contribution >= 4 is 45.1 Å². The summed E-state index contributed by atoms with van der Waals surface area (Å²) in [7, 11) is 0. The van der Waals surface area contributed by atoms with Crippen LogP contribution in [0.25, 0.3) is 21.9 Å². The van der Waals surface area contributed by atoms with Gasteiger partial charge in [-0.25, -0.2) is 9.97 Å². The van der Waals surface area contributed by atoms with Gasteiger partial charge in [-0.1, -0.05) is 48.5 Å². The number of hydrogen-bond donors (Lipinski definition) is 4. The van der Waals surface area contributed by atoms with Crippen molar-refractivity contribution < 1.29 is 5.11 Å². The highest BCUT2D eigenvalue weighted by Gasteiger charge is 2.11. The summed E-state index contributed by atoms with van der Waals surface area (Å²) in [5.41, 5.74) is 5.09. The van der Waals surface area contributed by atoms with Crippen LogP contribution in [-0.2, 0) is 6.54 Å². The molecule has 2 aromatic carbocycles. The maximum atomic E-state index is 9.18. The van der Waals surface area contributed by atoms with E-state index in [0.29, 0.717) is 35.9 Å². The topological polar surface area (TPSA) is 108 Å². The Balaban J connectivity index is 1.45. The fourth-order valence-electron chi connectivity index (χ4n) is 3.54. The van der Waals surface area contributed by atoms with Crippen molar-refractivity contribution in [1.82, 2.24) is 19.9 Å². The summed E-state index contributed by atoms with van der Waals surface area (Å²) in [6.45, 7) is 0.956. The van der Waals surface area contributed by atoms with Crippen molar-refractivity contribution in [2.45, 2.75) is 6.54 Å². The highest BCUT2D eigenvalue weighted by molar-refractivity contribution is 5.89. The first kappa shape index (κ1) is 20.6. The molecule has 0 saturated heterocycles. The maximum Gasteiger partial charge on any atom is 0.225 e. The Morgan fingerprint density at radius 1 is 0.758 bits per heavy atom. The Bertz CT molecular complexity index is 1390. The maximum absolute atomic E-state index is 9.18. The van der Waals surface area contributed by atoms with Gasteiger partial charge in [0.25, 0.3) is 0 Å². The summed E-state index contributed by atoms with van der Waals surface area (Å²) < 4.78 is 0. The first-order chi connectivity index (χ1) is 16.3. The number of rotatable bonds is 8. The molecule has 0 aliphatic heterocycles. The molecule has 4 N–H and O–H groups in total. The Hall–Kier alpha value is -4.30. The van der Waals surface area contributed by atoms with Gasteiger partial charge in [0.2, 0.25) is 5.95 Å². The van der Waals surface area contributed by atoms with E-state index in [-0.39, 0.29) is 6.61 Å². The molecular weight excluding hydrogens is 414 g/mol. The Kier molecular flexibility index (Phi) is 5.90. The lowest BCUT2D eigenvalue weighted by atomic mass is 10.2. The number of aliphatic hydroxyl groups is 1. The van der Waals surface area contributed by atoms with Crippen molar-refractivity contribution in [3.05, 3.63) is 84.7 Å². The molecule has 5 rings (SSSR count). The van der Waals surface area contributed by atoms with Crippen molar-refractivity contribution in [3.63, 3.8) is 0 Å². The van der Waals surface area contributed by atoms with Gasteiger partial charge in [0.05, 0.1) is 41.4 Å². The minimum atomic E-state index is -0.0109. The Labute approximate surface area is 190 Å². The van der Waals surface area contributed by atoms with Crippen LogP contribution >= 0.6 is 0 Å². The number of pyridine rings is 2. The number of fused-ring (bicyclic) bond motifs is 2. The molecule has 8 nitrogen and oxygen atoms in total. The molecule has 0 atom stereocenters. The molecule has 3 aromatic heterocycles. The second kappa shape index (κ2) is 9.46. The lowest BCUT2D eigenvalue weighted by molar-refractivity contribution is 0.311. The molecule has 33 heavy (non-hydrogen) atoms. The van der Waals surface area contributed by atoms with E-state index in [9.17, 15) is 5.11 Å². The molecule has 5 aromatic rings. The van der Waals surface area contributed by atoms with Crippen LogP contribution in [0.5, 0.6) is 0 Å². The van der Waals surface area contributed by atoms with Gasteiger partial charge in [-0.3, -0.25) is 4.98 Å². The van der Waals surface area contributed by atoms with E-state index in [1.165, 1.54) is 0 Å². The van der Waals surface area contributed by atoms with Gasteiger partial charge in [-0.05, 0) is 23.8 Å². The number of para-hydroxylation sites is 1. The van der Waals surface area contributed by atoms with Crippen molar-refractivity contribution in [2.24, 2.45) is 0 Å². The third kappa shape index (κ3) is 4.81. The molecule has 3 heterocycles. The number of aromatic nitrogens is 4. The van der Waals surface area contributed by atoms with E-state index < -0.39 is 0 Å². The average Bonchev–Trinajstić information content (AvgIpc) is 2.86. The minimum absolute atomic E-state index is 0.0109.